The zero-order valence-electron chi connectivity index (χ0n) is 14.2. The van der Waals surface area contributed by atoms with Crippen LogP contribution in [-0.2, 0) is 9.13 Å². The SMILES string of the molecule is O=P(O)(O)O.O=[P+](O)O.OCC(CO)(CO)CO.OCC(CO)(CO)CO. The molecule has 15 nitrogen and oxygen atoms in total. The summed E-state index contributed by atoms with van der Waals surface area (Å²) < 4.78 is 17.6. The van der Waals surface area contributed by atoms with E-state index in [-0.39, 0.29) is 0 Å². The number of hydrogen-bond donors (Lipinski definition) is 13. The minimum atomic E-state index is -4.64. The zero-order valence-corrected chi connectivity index (χ0v) is 16.0. The second-order valence-corrected chi connectivity index (χ2v) is 6.56. The molecule has 13 N–H and O–H groups in total. The van der Waals surface area contributed by atoms with E-state index in [1.165, 1.54) is 0 Å². The van der Waals surface area contributed by atoms with Gasteiger partial charge < -0.3 is 55.5 Å². The Hall–Kier alpha value is -0.190. The number of rotatable bonds is 8. The average molecular weight is 451 g/mol. The van der Waals surface area contributed by atoms with Gasteiger partial charge in [-0.2, -0.15) is 0 Å². The lowest BCUT2D eigenvalue weighted by Gasteiger charge is -2.23. The maximum atomic E-state index is 8.88. The lowest BCUT2D eigenvalue weighted by molar-refractivity contribution is -0.0332. The largest absolute Gasteiger partial charge is 0.692 e. The van der Waals surface area contributed by atoms with E-state index in [9.17, 15) is 0 Å². The molecule has 17 heteroatoms. The summed E-state index contributed by atoms with van der Waals surface area (Å²) in [5, 5.41) is 68.0. The molecule has 0 aromatic carbocycles. The topological polar surface area (TPSA) is 297 Å². The molecule has 0 fully saturated rings. The van der Waals surface area contributed by atoms with Crippen molar-refractivity contribution in [2.24, 2.45) is 10.8 Å². The van der Waals surface area contributed by atoms with E-state index in [2.05, 4.69) is 0 Å². The van der Waals surface area contributed by atoms with E-state index in [4.69, 9.17) is 74.4 Å². The lowest BCUT2D eigenvalue weighted by Crippen LogP contribution is -2.37. The van der Waals surface area contributed by atoms with Gasteiger partial charge in [-0.15, -0.1) is 9.79 Å². The molecule has 0 aliphatic rings. The van der Waals surface area contributed by atoms with Gasteiger partial charge in [0.2, 0.25) is 0 Å². The fourth-order valence-corrected chi connectivity index (χ4v) is 0.600. The van der Waals surface area contributed by atoms with Crippen LogP contribution >= 0.6 is 16.1 Å². The number of hydrogen-bond acceptors (Lipinski definition) is 10. The smallest absolute Gasteiger partial charge is 0.396 e. The van der Waals surface area contributed by atoms with Crippen LogP contribution in [0.2, 0.25) is 0 Å². The van der Waals surface area contributed by atoms with Gasteiger partial charge in [0.25, 0.3) is 0 Å². The Bertz CT molecular complexity index is 312. The first kappa shape index (κ1) is 34.3. The van der Waals surface area contributed by atoms with E-state index in [1.54, 1.807) is 0 Å². The van der Waals surface area contributed by atoms with Crippen molar-refractivity contribution in [3.8, 4) is 0 Å². The predicted molar refractivity (Wildman–Crippen MR) is 87.9 cm³/mol. The van der Waals surface area contributed by atoms with Crippen LogP contribution in [0.25, 0.3) is 0 Å². The van der Waals surface area contributed by atoms with Crippen LogP contribution in [-0.4, -0.2) is 118 Å². The number of aliphatic hydroxyl groups excluding tert-OH is 8. The molecule has 0 aliphatic carbocycles. The molecule has 168 valence electrons. The molecular weight excluding hydrogens is 422 g/mol. The first-order valence-electron chi connectivity index (χ1n) is 6.72. The average Bonchev–Trinajstić information content (AvgIpc) is 2.59. The summed E-state index contributed by atoms with van der Waals surface area (Å²) >= 11 is 0. The highest BCUT2D eigenvalue weighted by molar-refractivity contribution is 7.45. The van der Waals surface area contributed by atoms with Gasteiger partial charge in [-0.1, -0.05) is 0 Å². The van der Waals surface area contributed by atoms with Gasteiger partial charge in [-0.25, -0.2) is 4.57 Å². The third-order valence-corrected chi connectivity index (χ3v) is 2.68. The Morgan fingerprint density at radius 3 is 0.630 bits per heavy atom. The summed E-state index contributed by atoms with van der Waals surface area (Å²) in [4.78, 5) is 35.8. The van der Waals surface area contributed by atoms with Gasteiger partial charge in [0.05, 0.1) is 63.7 Å². The van der Waals surface area contributed by atoms with Crippen molar-refractivity contribution < 1.29 is 74.4 Å². The highest BCUT2D eigenvalue weighted by atomic mass is 31.2. The molecule has 0 spiro atoms. The van der Waals surface area contributed by atoms with Gasteiger partial charge in [-0.05, 0) is 0 Å². The molecule has 0 atom stereocenters. The summed E-state index contributed by atoms with van der Waals surface area (Å²) in [5.41, 5.74) is -2.22. The predicted octanol–water partition coefficient (Wildman–Crippen LogP) is -5.42. The van der Waals surface area contributed by atoms with Gasteiger partial charge in [0.1, 0.15) is 0 Å². The second kappa shape index (κ2) is 19.1. The van der Waals surface area contributed by atoms with Gasteiger partial charge in [-0.3, -0.25) is 0 Å². The van der Waals surface area contributed by atoms with E-state index >= 15 is 0 Å². The zero-order chi connectivity index (χ0) is 22.7. The molecule has 0 unspecified atom stereocenters. The summed E-state index contributed by atoms with van der Waals surface area (Å²) in [5.74, 6) is 0. The van der Waals surface area contributed by atoms with Crippen LogP contribution in [0, 0.1) is 10.8 Å². The third kappa shape index (κ3) is 25.8. The maximum absolute atomic E-state index is 8.88. The summed E-state index contributed by atoms with van der Waals surface area (Å²) in [7, 11) is -7.51. The Morgan fingerprint density at radius 2 is 0.630 bits per heavy atom. The molecule has 0 aromatic rings. The van der Waals surface area contributed by atoms with Crippen LogP contribution < -0.4 is 0 Å². The molecule has 0 radical (unpaired) electrons. The molecule has 0 saturated carbocycles. The molecule has 0 heterocycles. The molecule has 0 bridgehead atoms. The Labute approximate surface area is 155 Å². The Morgan fingerprint density at radius 1 is 0.556 bits per heavy atom. The molecular formula is C10H29O15P2+. The molecule has 27 heavy (non-hydrogen) atoms. The van der Waals surface area contributed by atoms with Crippen LogP contribution in [0.3, 0.4) is 0 Å². The van der Waals surface area contributed by atoms with Gasteiger partial charge in [0.15, 0.2) is 0 Å². The van der Waals surface area contributed by atoms with Gasteiger partial charge >= 0.3 is 16.1 Å². The summed E-state index contributed by atoms with van der Waals surface area (Å²) in [6.07, 6.45) is 0. The standard InChI is InChI=1S/2C5H12O4.H3O4P.HO3P/c2*6-1-5(2-7,3-8)4-9;1-5(2,3)4;1-4(2)3/h2*6-9H,1-4H2;(H3,1,2,3,4);(H-,1,2,3)/p+1. The fourth-order valence-electron chi connectivity index (χ4n) is 0.600. The van der Waals surface area contributed by atoms with Gasteiger partial charge in [0, 0.05) is 4.57 Å². The third-order valence-electron chi connectivity index (χ3n) is 2.68. The van der Waals surface area contributed by atoms with Crippen molar-refractivity contribution in [3.05, 3.63) is 0 Å². The van der Waals surface area contributed by atoms with E-state index in [1.807, 2.05) is 0 Å². The second-order valence-electron chi connectivity index (χ2n) is 5.03. The van der Waals surface area contributed by atoms with Crippen LogP contribution in [0.4, 0.5) is 0 Å². The Kier molecular flexibility index (Phi) is 24.3. The van der Waals surface area contributed by atoms with E-state index < -0.39 is 79.8 Å². The van der Waals surface area contributed by atoms with E-state index in [0.717, 1.165) is 0 Å². The first-order chi connectivity index (χ1) is 12.2. The maximum Gasteiger partial charge on any atom is 0.692 e. The molecule has 0 aromatic heterocycles. The molecule has 0 saturated heterocycles. The summed E-state index contributed by atoms with van der Waals surface area (Å²) in [6, 6.07) is 0. The quantitative estimate of drug-likeness (QED) is 0.153. The minimum absolute atomic E-state index is 0.406. The molecule has 0 rings (SSSR count). The lowest BCUT2D eigenvalue weighted by atomic mass is 9.93. The molecule has 0 aliphatic heterocycles. The van der Waals surface area contributed by atoms with E-state index in [0.29, 0.717) is 0 Å². The van der Waals surface area contributed by atoms with Crippen LogP contribution in [0.5, 0.6) is 0 Å². The highest BCUT2D eigenvalue weighted by Crippen LogP contribution is 2.25. The van der Waals surface area contributed by atoms with Crippen molar-refractivity contribution in [3.63, 3.8) is 0 Å². The minimum Gasteiger partial charge on any atom is -0.396 e. The van der Waals surface area contributed by atoms with Crippen molar-refractivity contribution in [1.82, 2.24) is 0 Å². The number of aliphatic hydroxyl groups is 8. The summed E-state index contributed by atoms with van der Waals surface area (Å²) in [6.45, 7) is -3.25. The fraction of sp³-hybridized carbons (Fsp3) is 1.00. The first-order valence-corrected chi connectivity index (χ1v) is 9.45. The van der Waals surface area contributed by atoms with Crippen LogP contribution in [0.1, 0.15) is 0 Å². The van der Waals surface area contributed by atoms with Crippen molar-refractivity contribution >= 4 is 16.1 Å². The Balaban J connectivity index is -0.000000138. The monoisotopic (exact) mass is 451 g/mol. The number of phosphoric acid groups is 1. The normalized spacial score (nSPS) is 11.1. The molecule has 0 amide bonds. The van der Waals surface area contributed by atoms with Crippen molar-refractivity contribution in [2.45, 2.75) is 0 Å². The van der Waals surface area contributed by atoms with Crippen LogP contribution in [0.15, 0.2) is 0 Å². The van der Waals surface area contributed by atoms with Crippen molar-refractivity contribution in [1.29, 1.82) is 0 Å². The highest BCUT2D eigenvalue weighted by Gasteiger charge is 2.27. The van der Waals surface area contributed by atoms with Crippen molar-refractivity contribution in [2.75, 3.05) is 52.9 Å².